The molecule has 5 heteroatoms. The molecule has 1 aromatic rings. The summed E-state index contributed by atoms with van der Waals surface area (Å²) in [6, 6.07) is 7.07. The van der Waals surface area contributed by atoms with Gasteiger partial charge in [-0.3, -0.25) is 0 Å². The van der Waals surface area contributed by atoms with Crippen LogP contribution in [0, 0.1) is 6.92 Å². The van der Waals surface area contributed by atoms with Gasteiger partial charge in [0.05, 0.1) is 0 Å². The molecule has 0 saturated heterocycles. The Morgan fingerprint density at radius 2 is 1.67 bits per heavy atom. The maximum atomic E-state index is 8.47. The van der Waals surface area contributed by atoms with Gasteiger partial charge in [0.2, 0.25) is 0 Å². The summed E-state index contributed by atoms with van der Waals surface area (Å²) in [5.41, 5.74) is 1.11. The van der Waals surface area contributed by atoms with Gasteiger partial charge >= 0.3 is 60.0 Å². The summed E-state index contributed by atoms with van der Waals surface area (Å²) < 4.78 is 4.65. The first-order valence-corrected chi connectivity index (χ1v) is 4.27. The van der Waals surface area contributed by atoms with E-state index in [-0.39, 0.29) is 51.4 Å². The first kappa shape index (κ1) is 13.0. The zero-order valence-corrected chi connectivity index (χ0v) is 6.95. The Labute approximate surface area is 115 Å². The molecule has 12 heavy (non-hydrogen) atoms. The number of hydrogen-bond donors (Lipinski definition) is 2. The molecule has 0 heterocycles. The van der Waals surface area contributed by atoms with Crippen LogP contribution in [-0.4, -0.2) is 61.2 Å². The molecule has 0 aliphatic carbocycles. The average molecular weight is 212 g/mol. The third kappa shape index (κ3) is 4.89. The van der Waals surface area contributed by atoms with Gasteiger partial charge < -0.3 is 14.3 Å². The quantitative estimate of drug-likeness (QED) is 0.566. The number of benzene rings is 1. The van der Waals surface area contributed by atoms with E-state index in [1.807, 2.05) is 19.1 Å². The molecular formula is C7H10KO3P. The minimum atomic E-state index is -2.29. The van der Waals surface area contributed by atoms with Gasteiger partial charge in [-0.25, -0.2) is 0 Å². The standard InChI is InChI=1S/C7H9O3P.K.H/c1-6-2-4-7(5-3-6)10-11(8)9;;/h2-5,8-9H,1H3;;. The minimum absolute atomic E-state index is 0. The van der Waals surface area contributed by atoms with Crippen LogP contribution in [0.1, 0.15) is 5.56 Å². The van der Waals surface area contributed by atoms with Gasteiger partial charge in [-0.1, -0.05) is 17.7 Å². The van der Waals surface area contributed by atoms with E-state index in [0.717, 1.165) is 5.56 Å². The van der Waals surface area contributed by atoms with E-state index in [4.69, 9.17) is 9.79 Å². The van der Waals surface area contributed by atoms with Gasteiger partial charge in [0.1, 0.15) is 5.75 Å². The fourth-order valence-corrected chi connectivity index (χ4v) is 1.00. The van der Waals surface area contributed by atoms with E-state index < -0.39 is 8.60 Å². The van der Waals surface area contributed by atoms with Crippen LogP contribution in [0.3, 0.4) is 0 Å². The molecule has 62 valence electrons. The van der Waals surface area contributed by atoms with E-state index >= 15 is 0 Å². The monoisotopic (exact) mass is 212 g/mol. The summed E-state index contributed by atoms with van der Waals surface area (Å²) >= 11 is 0. The van der Waals surface area contributed by atoms with E-state index in [2.05, 4.69) is 4.52 Å². The van der Waals surface area contributed by atoms with Gasteiger partial charge in [-0.15, -0.1) is 0 Å². The predicted octanol–water partition coefficient (Wildman–Crippen LogP) is 0.937. The molecular weight excluding hydrogens is 202 g/mol. The first-order chi connectivity index (χ1) is 5.18. The summed E-state index contributed by atoms with van der Waals surface area (Å²) in [5.74, 6) is 0.478. The van der Waals surface area contributed by atoms with E-state index in [9.17, 15) is 0 Å². The van der Waals surface area contributed by atoms with Crippen molar-refractivity contribution in [1.82, 2.24) is 0 Å². The summed E-state index contributed by atoms with van der Waals surface area (Å²) in [5, 5.41) is 0. The van der Waals surface area contributed by atoms with Gasteiger partial charge in [-0.05, 0) is 19.1 Å². The summed E-state index contributed by atoms with van der Waals surface area (Å²) in [7, 11) is -2.29. The van der Waals surface area contributed by atoms with Crippen LogP contribution in [0.15, 0.2) is 24.3 Å². The molecule has 3 nitrogen and oxygen atoms in total. The number of aryl methyl sites for hydroxylation is 1. The van der Waals surface area contributed by atoms with Gasteiger partial charge in [0, 0.05) is 0 Å². The van der Waals surface area contributed by atoms with E-state index in [1.165, 1.54) is 0 Å². The molecule has 0 unspecified atom stereocenters. The van der Waals surface area contributed by atoms with Crippen LogP contribution in [-0.2, 0) is 0 Å². The SMILES string of the molecule is Cc1ccc(OP(O)O)cc1.[KH]. The van der Waals surface area contributed by atoms with Crippen molar-refractivity contribution >= 4 is 60.0 Å². The van der Waals surface area contributed by atoms with Crippen molar-refractivity contribution in [2.75, 3.05) is 0 Å². The van der Waals surface area contributed by atoms with Crippen molar-refractivity contribution in [3.8, 4) is 5.75 Å². The molecule has 0 atom stereocenters. The zero-order valence-electron chi connectivity index (χ0n) is 6.06. The molecule has 1 rings (SSSR count). The maximum absolute atomic E-state index is 8.47. The third-order valence-electron chi connectivity index (χ3n) is 1.21. The Morgan fingerprint density at radius 3 is 2.08 bits per heavy atom. The van der Waals surface area contributed by atoms with Crippen LogP contribution < -0.4 is 4.52 Å². The van der Waals surface area contributed by atoms with Crippen molar-refractivity contribution in [2.45, 2.75) is 6.92 Å². The normalized spacial score (nSPS) is 9.33. The third-order valence-corrected chi connectivity index (χ3v) is 1.58. The molecule has 0 amide bonds. The fourth-order valence-electron chi connectivity index (χ4n) is 0.693. The molecule has 0 aliphatic rings. The van der Waals surface area contributed by atoms with Crippen LogP contribution in [0.2, 0.25) is 0 Å². The summed E-state index contributed by atoms with van der Waals surface area (Å²) in [6.45, 7) is 1.95. The second kappa shape index (κ2) is 6.46. The Kier molecular flexibility index (Phi) is 7.00. The van der Waals surface area contributed by atoms with Crippen LogP contribution in [0.4, 0.5) is 0 Å². The Hall–Kier alpha value is 1.01. The summed E-state index contributed by atoms with van der Waals surface area (Å²) in [4.78, 5) is 16.9. The molecule has 0 spiro atoms. The molecule has 0 bridgehead atoms. The van der Waals surface area contributed by atoms with E-state index in [1.54, 1.807) is 12.1 Å². The molecule has 0 aromatic heterocycles. The molecule has 0 fully saturated rings. The van der Waals surface area contributed by atoms with Crippen molar-refractivity contribution < 1.29 is 14.3 Å². The van der Waals surface area contributed by atoms with Crippen molar-refractivity contribution in [2.24, 2.45) is 0 Å². The molecule has 1 aromatic carbocycles. The Balaban J connectivity index is 0.00000121. The van der Waals surface area contributed by atoms with Crippen molar-refractivity contribution in [1.29, 1.82) is 0 Å². The van der Waals surface area contributed by atoms with Crippen LogP contribution in [0.5, 0.6) is 5.75 Å². The fraction of sp³-hybridized carbons (Fsp3) is 0.143. The van der Waals surface area contributed by atoms with Gasteiger partial charge in [0.15, 0.2) is 0 Å². The Bertz CT molecular complexity index is 225. The van der Waals surface area contributed by atoms with Gasteiger partial charge in [-0.2, -0.15) is 0 Å². The van der Waals surface area contributed by atoms with Crippen LogP contribution in [0.25, 0.3) is 0 Å². The van der Waals surface area contributed by atoms with Gasteiger partial charge in [0.25, 0.3) is 0 Å². The average Bonchev–Trinajstić information content (AvgIpc) is 1.93. The second-order valence-electron chi connectivity index (χ2n) is 2.16. The topological polar surface area (TPSA) is 49.7 Å². The molecule has 0 aliphatic heterocycles. The zero-order chi connectivity index (χ0) is 8.27. The number of rotatable bonds is 2. The van der Waals surface area contributed by atoms with Crippen molar-refractivity contribution in [3.05, 3.63) is 29.8 Å². The summed E-state index contributed by atoms with van der Waals surface area (Å²) in [6.07, 6.45) is 0. The molecule has 0 saturated carbocycles. The van der Waals surface area contributed by atoms with E-state index in [0.29, 0.717) is 5.75 Å². The molecule has 0 radical (unpaired) electrons. The van der Waals surface area contributed by atoms with Crippen LogP contribution >= 0.6 is 8.60 Å². The Morgan fingerprint density at radius 1 is 1.17 bits per heavy atom. The first-order valence-electron chi connectivity index (χ1n) is 3.11. The predicted molar refractivity (Wildman–Crippen MR) is 50.3 cm³/mol. The molecule has 2 N–H and O–H groups in total. The second-order valence-corrected chi connectivity index (χ2v) is 2.85. The number of hydrogen-bond acceptors (Lipinski definition) is 3. The van der Waals surface area contributed by atoms with Crippen molar-refractivity contribution in [3.63, 3.8) is 0 Å².